The van der Waals surface area contributed by atoms with Gasteiger partial charge < -0.3 is 5.73 Å². The fourth-order valence-electron chi connectivity index (χ4n) is 1.30. The van der Waals surface area contributed by atoms with E-state index in [1.54, 1.807) is 12.1 Å². The zero-order valence-electron chi connectivity index (χ0n) is 9.67. The summed E-state index contributed by atoms with van der Waals surface area (Å²) in [6.07, 6.45) is -5.97. The van der Waals surface area contributed by atoms with Gasteiger partial charge >= 0.3 is 6.18 Å². The third-order valence-electron chi connectivity index (χ3n) is 2.13. The van der Waals surface area contributed by atoms with E-state index >= 15 is 0 Å². The SMILES string of the molecule is Nc1ccc(Br)c(NS(=O)(=O)CCCC(F)(F)F)c1. The average molecular weight is 361 g/mol. The molecule has 4 nitrogen and oxygen atoms in total. The summed E-state index contributed by atoms with van der Waals surface area (Å²) >= 11 is 3.12. The molecule has 9 heteroatoms. The Morgan fingerprint density at radius 3 is 2.53 bits per heavy atom. The first kappa shape index (κ1) is 16.1. The van der Waals surface area contributed by atoms with Gasteiger partial charge in [-0.05, 0) is 40.5 Å². The van der Waals surface area contributed by atoms with E-state index in [-0.39, 0.29) is 5.69 Å². The van der Waals surface area contributed by atoms with E-state index < -0.39 is 34.8 Å². The highest BCUT2D eigenvalue weighted by molar-refractivity contribution is 9.10. The van der Waals surface area contributed by atoms with Gasteiger partial charge in [0.1, 0.15) is 0 Å². The molecule has 0 saturated carbocycles. The van der Waals surface area contributed by atoms with Crippen LogP contribution in [0.3, 0.4) is 0 Å². The summed E-state index contributed by atoms with van der Waals surface area (Å²) in [5.74, 6) is -0.603. The molecule has 0 fully saturated rings. The second-order valence-electron chi connectivity index (χ2n) is 3.88. The molecule has 0 aliphatic heterocycles. The number of nitrogens with one attached hydrogen (secondary N) is 1. The van der Waals surface area contributed by atoms with Crippen LogP contribution >= 0.6 is 15.9 Å². The van der Waals surface area contributed by atoms with Crippen LogP contribution in [0, 0.1) is 0 Å². The summed E-state index contributed by atoms with van der Waals surface area (Å²) in [6, 6.07) is 4.49. The van der Waals surface area contributed by atoms with Gasteiger partial charge in [0.15, 0.2) is 0 Å². The van der Waals surface area contributed by atoms with Crippen LogP contribution in [0.4, 0.5) is 24.5 Å². The van der Waals surface area contributed by atoms with Gasteiger partial charge in [0.25, 0.3) is 0 Å². The Bertz CT molecular complexity index is 546. The minimum Gasteiger partial charge on any atom is -0.399 e. The minimum absolute atomic E-state index is 0.201. The molecule has 0 amide bonds. The molecule has 0 spiro atoms. The molecule has 19 heavy (non-hydrogen) atoms. The minimum atomic E-state index is -4.35. The number of benzene rings is 1. The quantitative estimate of drug-likeness (QED) is 0.792. The van der Waals surface area contributed by atoms with Gasteiger partial charge in [0, 0.05) is 16.6 Å². The van der Waals surface area contributed by atoms with Crippen molar-refractivity contribution in [1.29, 1.82) is 0 Å². The normalized spacial score (nSPS) is 12.4. The second kappa shape index (κ2) is 6.00. The smallest absolute Gasteiger partial charge is 0.389 e. The lowest BCUT2D eigenvalue weighted by Crippen LogP contribution is -2.19. The highest BCUT2D eigenvalue weighted by Gasteiger charge is 2.27. The number of rotatable bonds is 5. The first-order valence-corrected chi connectivity index (χ1v) is 7.66. The van der Waals surface area contributed by atoms with Crippen LogP contribution < -0.4 is 10.5 Å². The number of hydrogen-bond donors (Lipinski definition) is 2. The largest absolute Gasteiger partial charge is 0.399 e. The molecule has 0 aromatic heterocycles. The number of nitrogens with two attached hydrogens (primary N) is 1. The molecule has 0 unspecified atom stereocenters. The maximum absolute atomic E-state index is 11.9. The maximum Gasteiger partial charge on any atom is 0.389 e. The topological polar surface area (TPSA) is 72.2 Å². The number of hydrogen-bond acceptors (Lipinski definition) is 3. The third-order valence-corrected chi connectivity index (χ3v) is 4.18. The van der Waals surface area contributed by atoms with Crippen LogP contribution in [0.5, 0.6) is 0 Å². The first-order valence-electron chi connectivity index (χ1n) is 5.21. The van der Waals surface area contributed by atoms with Crippen molar-refractivity contribution in [3.05, 3.63) is 22.7 Å². The van der Waals surface area contributed by atoms with Gasteiger partial charge in [0.2, 0.25) is 10.0 Å². The van der Waals surface area contributed by atoms with Gasteiger partial charge in [0.05, 0.1) is 11.4 Å². The summed E-state index contributed by atoms with van der Waals surface area (Å²) in [7, 11) is -3.83. The van der Waals surface area contributed by atoms with Crippen molar-refractivity contribution in [3.8, 4) is 0 Å². The van der Waals surface area contributed by atoms with Gasteiger partial charge in [-0.3, -0.25) is 4.72 Å². The molecule has 1 aromatic rings. The van der Waals surface area contributed by atoms with E-state index in [1.165, 1.54) is 6.07 Å². The second-order valence-corrected chi connectivity index (χ2v) is 6.58. The van der Waals surface area contributed by atoms with Gasteiger partial charge in [-0.2, -0.15) is 13.2 Å². The molecule has 0 atom stereocenters. The molecule has 0 heterocycles. The Hall–Kier alpha value is -0.960. The average Bonchev–Trinajstić information content (AvgIpc) is 2.20. The molecule has 1 rings (SSSR count). The molecule has 0 saturated heterocycles. The molecule has 108 valence electrons. The number of halogens is 4. The molecule has 3 N–H and O–H groups in total. The van der Waals surface area contributed by atoms with Crippen molar-refractivity contribution in [2.75, 3.05) is 16.2 Å². The zero-order valence-corrected chi connectivity index (χ0v) is 12.1. The molecule has 0 aliphatic rings. The number of nitrogen functional groups attached to an aromatic ring is 1. The fraction of sp³-hybridized carbons (Fsp3) is 0.400. The summed E-state index contributed by atoms with van der Waals surface area (Å²) < 4.78 is 61.7. The van der Waals surface area contributed by atoms with Crippen LogP contribution in [-0.2, 0) is 10.0 Å². The molecule has 0 bridgehead atoms. The summed E-state index contributed by atoms with van der Waals surface area (Å²) in [5, 5.41) is 0. The molecule has 0 aliphatic carbocycles. The molecule has 0 radical (unpaired) electrons. The van der Waals surface area contributed by atoms with Crippen molar-refractivity contribution in [1.82, 2.24) is 0 Å². The van der Waals surface area contributed by atoms with E-state index in [9.17, 15) is 21.6 Å². The van der Waals surface area contributed by atoms with Crippen LogP contribution in [0.15, 0.2) is 22.7 Å². The summed E-state index contributed by atoms with van der Waals surface area (Å²) in [4.78, 5) is 0. The van der Waals surface area contributed by atoms with Gasteiger partial charge in [-0.1, -0.05) is 0 Å². The Morgan fingerprint density at radius 2 is 1.95 bits per heavy atom. The van der Waals surface area contributed by atoms with Crippen molar-refractivity contribution >= 4 is 37.3 Å². The molecule has 1 aromatic carbocycles. The lowest BCUT2D eigenvalue weighted by atomic mass is 10.3. The fourth-order valence-corrected chi connectivity index (χ4v) is 2.91. The zero-order chi connectivity index (χ0) is 14.7. The predicted molar refractivity (Wildman–Crippen MR) is 71.3 cm³/mol. The number of sulfonamides is 1. The van der Waals surface area contributed by atoms with E-state index in [0.717, 1.165) is 0 Å². The van der Waals surface area contributed by atoms with E-state index in [4.69, 9.17) is 5.73 Å². The highest BCUT2D eigenvalue weighted by Crippen LogP contribution is 2.26. The summed E-state index contributed by atoms with van der Waals surface area (Å²) in [5.41, 5.74) is 6.04. The Labute approximate surface area is 117 Å². The van der Waals surface area contributed by atoms with Crippen LogP contribution in [0.2, 0.25) is 0 Å². The number of alkyl halides is 3. The van der Waals surface area contributed by atoms with Crippen molar-refractivity contribution in [3.63, 3.8) is 0 Å². The Kier molecular flexibility index (Phi) is 5.08. The Balaban J connectivity index is 2.67. The lowest BCUT2D eigenvalue weighted by molar-refractivity contribution is -0.134. The highest BCUT2D eigenvalue weighted by atomic mass is 79.9. The predicted octanol–water partition coefficient (Wildman–Crippen LogP) is 3.12. The van der Waals surface area contributed by atoms with Crippen LogP contribution in [-0.4, -0.2) is 20.3 Å². The third kappa shape index (κ3) is 6.15. The van der Waals surface area contributed by atoms with E-state index in [0.29, 0.717) is 10.2 Å². The molecular formula is C10H12BrF3N2O2S. The standard InChI is InChI=1S/C10H12BrF3N2O2S/c11-8-3-2-7(15)6-9(8)16-19(17,18)5-1-4-10(12,13)14/h2-3,6,16H,1,4-5,15H2. The Morgan fingerprint density at radius 1 is 1.32 bits per heavy atom. The van der Waals surface area contributed by atoms with Crippen LogP contribution in [0.25, 0.3) is 0 Å². The van der Waals surface area contributed by atoms with Crippen molar-refractivity contribution < 1.29 is 21.6 Å². The van der Waals surface area contributed by atoms with Crippen molar-refractivity contribution in [2.24, 2.45) is 0 Å². The van der Waals surface area contributed by atoms with E-state index in [1.807, 2.05) is 0 Å². The van der Waals surface area contributed by atoms with Crippen molar-refractivity contribution in [2.45, 2.75) is 19.0 Å². The van der Waals surface area contributed by atoms with E-state index in [2.05, 4.69) is 20.7 Å². The number of anilines is 2. The summed E-state index contributed by atoms with van der Waals surface area (Å²) in [6.45, 7) is 0. The maximum atomic E-state index is 11.9. The molecular weight excluding hydrogens is 349 g/mol. The van der Waals surface area contributed by atoms with Crippen LogP contribution in [0.1, 0.15) is 12.8 Å². The van der Waals surface area contributed by atoms with Gasteiger partial charge in [-0.25, -0.2) is 8.42 Å². The lowest BCUT2D eigenvalue weighted by Gasteiger charge is -2.11. The van der Waals surface area contributed by atoms with Gasteiger partial charge in [-0.15, -0.1) is 0 Å². The first-order chi connectivity index (χ1) is 8.59. The monoisotopic (exact) mass is 360 g/mol.